The molecule has 4 heteroatoms. The van der Waals surface area contributed by atoms with E-state index < -0.39 is 0 Å². The van der Waals surface area contributed by atoms with Crippen molar-refractivity contribution in [3.8, 4) is 5.75 Å². The summed E-state index contributed by atoms with van der Waals surface area (Å²) in [6, 6.07) is 16.2. The number of fused-ring (bicyclic) bond motifs is 4. The van der Waals surface area contributed by atoms with Crippen molar-refractivity contribution in [2.75, 3.05) is 19.6 Å². The number of amides is 1. The van der Waals surface area contributed by atoms with Crippen LogP contribution in [0.15, 0.2) is 48.5 Å². The molecule has 2 bridgehead atoms. The van der Waals surface area contributed by atoms with E-state index in [2.05, 4.69) is 35.2 Å². The summed E-state index contributed by atoms with van der Waals surface area (Å²) in [5.41, 5.74) is 2.72. The molecule has 5 rings (SSSR count). The van der Waals surface area contributed by atoms with E-state index in [9.17, 15) is 9.90 Å². The smallest absolute Gasteiger partial charge is 0.254 e. The number of benzene rings is 2. The molecule has 0 aliphatic carbocycles. The molecule has 1 amide bonds. The molecule has 3 heterocycles. The van der Waals surface area contributed by atoms with Gasteiger partial charge in [0.05, 0.1) is 0 Å². The van der Waals surface area contributed by atoms with E-state index >= 15 is 0 Å². The van der Waals surface area contributed by atoms with E-state index in [1.807, 2.05) is 24.0 Å². The number of hydrogen-bond donors (Lipinski definition) is 1. The Kier molecular flexibility index (Phi) is 4.68. The molecule has 0 saturated carbocycles. The average molecular weight is 350 g/mol. The molecular weight excluding hydrogens is 324 g/mol. The molecule has 0 radical (unpaired) electrons. The van der Waals surface area contributed by atoms with Gasteiger partial charge in [0.2, 0.25) is 0 Å². The number of aromatic hydroxyl groups is 1. The summed E-state index contributed by atoms with van der Waals surface area (Å²) < 4.78 is 0. The van der Waals surface area contributed by atoms with Gasteiger partial charge in [0.25, 0.3) is 5.91 Å². The molecule has 1 N–H and O–H groups in total. The molecule has 136 valence electrons. The highest BCUT2D eigenvalue weighted by atomic mass is 16.3. The van der Waals surface area contributed by atoms with Gasteiger partial charge in [0.15, 0.2) is 0 Å². The average Bonchev–Trinajstić information content (AvgIpc) is 2.96. The first-order chi connectivity index (χ1) is 12.6. The van der Waals surface area contributed by atoms with Crippen molar-refractivity contribution < 1.29 is 9.90 Å². The molecule has 0 unspecified atom stereocenters. The van der Waals surface area contributed by atoms with Gasteiger partial charge in [-0.15, -0.1) is 0 Å². The SMILES string of the molecule is Cc1ccc(C(=O)N2C[C@H]3CC[C@@H](C2)N(Cc2ccccc2)C3)cc1O. The van der Waals surface area contributed by atoms with Gasteiger partial charge >= 0.3 is 0 Å². The van der Waals surface area contributed by atoms with Crippen LogP contribution >= 0.6 is 0 Å². The number of nitrogens with zero attached hydrogens (tertiary/aromatic N) is 2. The third kappa shape index (κ3) is 3.47. The summed E-state index contributed by atoms with van der Waals surface area (Å²) >= 11 is 0. The highest BCUT2D eigenvalue weighted by Gasteiger charge is 2.36. The quantitative estimate of drug-likeness (QED) is 0.922. The highest BCUT2D eigenvalue weighted by Crippen LogP contribution is 2.30. The van der Waals surface area contributed by atoms with Crippen LogP contribution in [-0.4, -0.2) is 46.5 Å². The minimum atomic E-state index is 0.0405. The monoisotopic (exact) mass is 350 g/mol. The molecule has 3 fully saturated rings. The Morgan fingerprint density at radius 2 is 1.88 bits per heavy atom. The predicted octanol–water partition coefficient (Wildman–Crippen LogP) is 3.44. The van der Waals surface area contributed by atoms with Crippen LogP contribution in [0.1, 0.15) is 34.3 Å². The van der Waals surface area contributed by atoms with E-state index in [1.54, 1.807) is 6.07 Å². The number of rotatable bonds is 3. The molecule has 4 nitrogen and oxygen atoms in total. The van der Waals surface area contributed by atoms with Crippen molar-refractivity contribution in [2.45, 2.75) is 32.4 Å². The van der Waals surface area contributed by atoms with Crippen LogP contribution < -0.4 is 0 Å². The first-order valence-corrected chi connectivity index (χ1v) is 9.47. The Labute approximate surface area is 155 Å². The van der Waals surface area contributed by atoms with E-state index in [-0.39, 0.29) is 11.7 Å². The molecule has 3 saturated heterocycles. The van der Waals surface area contributed by atoms with Gasteiger partial charge in [-0.2, -0.15) is 0 Å². The Bertz CT molecular complexity index is 790. The lowest BCUT2D eigenvalue weighted by Crippen LogP contribution is -2.43. The van der Waals surface area contributed by atoms with Crippen LogP contribution in [0.4, 0.5) is 0 Å². The topological polar surface area (TPSA) is 43.8 Å². The van der Waals surface area contributed by atoms with Crippen LogP contribution in [0, 0.1) is 12.8 Å². The third-order valence-electron chi connectivity index (χ3n) is 5.80. The summed E-state index contributed by atoms with van der Waals surface area (Å²) in [7, 11) is 0. The van der Waals surface area contributed by atoms with E-state index in [4.69, 9.17) is 0 Å². The van der Waals surface area contributed by atoms with Crippen molar-refractivity contribution in [3.63, 3.8) is 0 Å². The molecule has 2 aromatic rings. The fourth-order valence-electron chi connectivity index (χ4n) is 4.28. The number of phenolic OH excluding ortho intramolecular Hbond substituents is 1. The van der Waals surface area contributed by atoms with Gasteiger partial charge in [0.1, 0.15) is 5.75 Å². The third-order valence-corrected chi connectivity index (χ3v) is 5.80. The van der Waals surface area contributed by atoms with Crippen LogP contribution in [-0.2, 0) is 6.54 Å². The fourth-order valence-corrected chi connectivity index (χ4v) is 4.28. The largest absolute Gasteiger partial charge is 0.508 e. The van der Waals surface area contributed by atoms with E-state index in [0.717, 1.165) is 38.2 Å². The van der Waals surface area contributed by atoms with Crippen molar-refractivity contribution in [1.82, 2.24) is 9.80 Å². The van der Waals surface area contributed by atoms with Crippen molar-refractivity contribution >= 4 is 5.91 Å². The summed E-state index contributed by atoms with van der Waals surface area (Å²) in [6.45, 7) is 5.45. The van der Waals surface area contributed by atoms with Crippen molar-refractivity contribution in [2.24, 2.45) is 5.92 Å². The zero-order chi connectivity index (χ0) is 18.1. The molecule has 2 atom stereocenters. The van der Waals surface area contributed by atoms with Gasteiger partial charge < -0.3 is 10.0 Å². The lowest BCUT2D eigenvalue weighted by molar-refractivity contribution is 0.0735. The molecule has 2 aromatic carbocycles. The van der Waals surface area contributed by atoms with Gasteiger partial charge in [-0.3, -0.25) is 9.69 Å². The first kappa shape index (κ1) is 17.1. The molecule has 0 aromatic heterocycles. The minimum Gasteiger partial charge on any atom is -0.508 e. The van der Waals surface area contributed by atoms with Gasteiger partial charge in [-0.05, 0) is 48.9 Å². The Hall–Kier alpha value is -2.33. The van der Waals surface area contributed by atoms with E-state index in [1.165, 1.54) is 12.0 Å². The van der Waals surface area contributed by atoms with Gasteiger partial charge in [0, 0.05) is 37.8 Å². The van der Waals surface area contributed by atoms with Crippen molar-refractivity contribution in [3.05, 3.63) is 65.2 Å². The fraction of sp³-hybridized carbons (Fsp3) is 0.409. The highest BCUT2D eigenvalue weighted by molar-refractivity contribution is 5.94. The minimum absolute atomic E-state index is 0.0405. The number of hydrogen-bond acceptors (Lipinski definition) is 3. The van der Waals surface area contributed by atoms with Crippen LogP contribution in [0.5, 0.6) is 5.75 Å². The van der Waals surface area contributed by atoms with Crippen LogP contribution in [0.2, 0.25) is 0 Å². The summed E-state index contributed by atoms with van der Waals surface area (Å²) in [6.07, 6.45) is 2.35. The molecule has 0 spiro atoms. The van der Waals surface area contributed by atoms with Crippen molar-refractivity contribution in [1.29, 1.82) is 0 Å². The maximum atomic E-state index is 13.0. The lowest BCUT2D eigenvalue weighted by Gasteiger charge is -2.36. The normalized spacial score (nSPS) is 23.0. The standard InChI is InChI=1S/C22H26N2O2/c1-16-7-9-19(11-21(16)25)22(26)24-14-18-8-10-20(15-24)23(13-18)12-17-5-3-2-4-6-17/h2-7,9,11,18,20,25H,8,10,12-15H2,1H3/t18-,20-/m0/s1. The van der Waals surface area contributed by atoms with Gasteiger partial charge in [-0.1, -0.05) is 36.4 Å². The zero-order valence-electron chi connectivity index (χ0n) is 15.3. The Morgan fingerprint density at radius 3 is 2.65 bits per heavy atom. The Morgan fingerprint density at radius 1 is 1.08 bits per heavy atom. The number of carbonyl (C=O) groups is 1. The lowest BCUT2D eigenvalue weighted by atomic mass is 9.94. The second-order valence-corrected chi connectivity index (χ2v) is 7.72. The zero-order valence-corrected chi connectivity index (χ0v) is 15.3. The molecule has 3 aliphatic rings. The predicted molar refractivity (Wildman–Crippen MR) is 102 cm³/mol. The maximum absolute atomic E-state index is 13.0. The first-order valence-electron chi connectivity index (χ1n) is 9.47. The van der Waals surface area contributed by atoms with Crippen LogP contribution in [0.25, 0.3) is 0 Å². The number of piperidine rings is 1. The maximum Gasteiger partial charge on any atom is 0.254 e. The summed E-state index contributed by atoms with van der Waals surface area (Å²) in [4.78, 5) is 17.5. The summed E-state index contributed by atoms with van der Waals surface area (Å²) in [5, 5.41) is 9.95. The van der Waals surface area contributed by atoms with E-state index in [0.29, 0.717) is 17.5 Å². The number of carbonyl (C=O) groups excluding carboxylic acids is 1. The molecule has 26 heavy (non-hydrogen) atoms. The van der Waals surface area contributed by atoms with Crippen LogP contribution in [0.3, 0.4) is 0 Å². The second-order valence-electron chi connectivity index (χ2n) is 7.72. The number of phenols is 1. The second kappa shape index (κ2) is 7.12. The summed E-state index contributed by atoms with van der Waals surface area (Å²) in [5.74, 6) is 0.763. The Balaban J connectivity index is 1.50. The molecule has 3 aliphatic heterocycles. The van der Waals surface area contributed by atoms with Gasteiger partial charge in [-0.25, -0.2) is 0 Å². The molecular formula is C22H26N2O2. The number of aryl methyl sites for hydroxylation is 1.